The summed E-state index contributed by atoms with van der Waals surface area (Å²) in [5.74, 6) is -0.487. The maximum atomic E-state index is 13.1. The van der Waals surface area contributed by atoms with E-state index in [0.29, 0.717) is 4.43 Å². The van der Waals surface area contributed by atoms with E-state index in [9.17, 15) is 12.8 Å². The van der Waals surface area contributed by atoms with Crippen LogP contribution in [0.1, 0.15) is 13.8 Å². The molecule has 0 aliphatic heterocycles. The summed E-state index contributed by atoms with van der Waals surface area (Å²) in [4.78, 5) is -0.223. The fourth-order valence-corrected chi connectivity index (χ4v) is 4.72. The van der Waals surface area contributed by atoms with Crippen molar-refractivity contribution >= 4 is 44.2 Å². The number of benzene rings is 1. The average molecular weight is 406 g/mol. The van der Waals surface area contributed by atoms with Crippen LogP contribution in [0.2, 0.25) is 5.02 Å². The molecular weight excluding hydrogens is 392 g/mol. The van der Waals surface area contributed by atoms with Gasteiger partial charge in [-0.2, -0.15) is 0 Å². The highest BCUT2D eigenvalue weighted by Gasteiger charge is 2.24. The maximum Gasteiger partial charge on any atom is 0.242 e. The molecule has 0 aromatic heterocycles. The van der Waals surface area contributed by atoms with Gasteiger partial charge in [-0.15, -0.1) is 0 Å². The van der Waals surface area contributed by atoms with E-state index >= 15 is 0 Å². The van der Waals surface area contributed by atoms with E-state index in [1.165, 1.54) is 6.07 Å². The third kappa shape index (κ3) is 4.04. The Morgan fingerprint density at radius 3 is 2.56 bits per heavy atom. The molecule has 0 fully saturated rings. The van der Waals surface area contributed by atoms with Gasteiger partial charge < -0.3 is 0 Å². The maximum absolute atomic E-state index is 13.1. The molecule has 102 valence electrons. The van der Waals surface area contributed by atoms with Crippen LogP contribution in [0, 0.1) is 11.7 Å². The number of sulfonamides is 1. The first kappa shape index (κ1) is 16.1. The van der Waals surface area contributed by atoms with Gasteiger partial charge >= 0.3 is 0 Å². The third-order valence-electron chi connectivity index (χ3n) is 2.46. The highest BCUT2D eigenvalue weighted by molar-refractivity contribution is 14.1. The van der Waals surface area contributed by atoms with Crippen LogP contribution < -0.4 is 4.72 Å². The fourth-order valence-electron chi connectivity index (χ4n) is 1.29. The highest BCUT2D eigenvalue weighted by Crippen LogP contribution is 2.23. The molecule has 7 heteroatoms. The summed E-state index contributed by atoms with van der Waals surface area (Å²) < 4.78 is 40.5. The van der Waals surface area contributed by atoms with E-state index in [4.69, 9.17) is 11.6 Å². The molecule has 1 unspecified atom stereocenters. The third-order valence-corrected chi connectivity index (χ3v) is 5.38. The van der Waals surface area contributed by atoms with Crippen LogP contribution in [0.3, 0.4) is 0 Å². The lowest BCUT2D eigenvalue weighted by molar-refractivity contribution is 0.485. The molecule has 0 saturated carbocycles. The number of nitrogens with one attached hydrogen (secondary N) is 1. The van der Waals surface area contributed by atoms with Gasteiger partial charge in [0.05, 0.1) is 5.02 Å². The van der Waals surface area contributed by atoms with E-state index in [-0.39, 0.29) is 21.9 Å². The van der Waals surface area contributed by atoms with Crippen LogP contribution in [-0.2, 0) is 10.0 Å². The Labute approximate surface area is 125 Å². The van der Waals surface area contributed by atoms with E-state index in [0.717, 1.165) is 12.1 Å². The Kier molecular flexibility index (Phi) is 5.82. The predicted octanol–water partition coefficient (Wildman–Crippen LogP) is 3.22. The zero-order chi connectivity index (χ0) is 13.9. The number of halogens is 3. The van der Waals surface area contributed by atoms with Crippen molar-refractivity contribution in [2.45, 2.75) is 24.8 Å². The van der Waals surface area contributed by atoms with Crippen LogP contribution in [0.5, 0.6) is 0 Å². The molecule has 1 aromatic carbocycles. The minimum atomic E-state index is -3.80. The zero-order valence-electron chi connectivity index (χ0n) is 9.95. The molecular formula is C11H14ClFINO2S. The Morgan fingerprint density at radius 2 is 2.06 bits per heavy atom. The molecule has 0 aliphatic carbocycles. The van der Waals surface area contributed by atoms with Crippen LogP contribution in [0.15, 0.2) is 23.1 Å². The lowest BCUT2D eigenvalue weighted by Gasteiger charge is -2.20. The van der Waals surface area contributed by atoms with Gasteiger partial charge in [0.15, 0.2) is 0 Å². The molecule has 1 N–H and O–H groups in total. The van der Waals surface area contributed by atoms with Gasteiger partial charge in [0.1, 0.15) is 10.7 Å². The Morgan fingerprint density at radius 1 is 1.44 bits per heavy atom. The van der Waals surface area contributed by atoms with Gasteiger partial charge in [-0.05, 0) is 24.1 Å². The smallest absolute Gasteiger partial charge is 0.207 e. The number of rotatable bonds is 5. The molecule has 0 saturated heterocycles. The first-order chi connectivity index (χ1) is 8.27. The van der Waals surface area contributed by atoms with Crippen LogP contribution in [0.25, 0.3) is 0 Å². The molecule has 1 rings (SSSR count). The summed E-state index contributed by atoms with van der Waals surface area (Å²) in [7, 11) is -3.80. The Bertz CT molecular complexity index is 522. The number of hydrogen-bond acceptors (Lipinski definition) is 2. The highest BCUT2D eigenvalue weighted by atomic mass is 127. The molecule has 0 aliphatic rings. The predicted molar refractivity (Wildman–Crippen MR) is 79.2 cm³/mol. The topological polar surface area (TPSA) is 46.2 Å². The summed E-state index contributed by atoms with van der Waals surface area (Å²) >= 11 is 7.90. The monoisotopic (exact) mass is 405 g/mol. The summed E-state index contributed by atoms with van der Waals surface area (Å²) in [6.45, 7) is 3.83. The van der Waals surface area contributed by atoms with Gasteiger partial charge in [-0.1, -0.05) is 48.0 Å². The summed E-state index contributed by atoms with van der Waals surface area (Å²) in [5, 5.41) is 0.0138. The minimum absolute atomic E-state index is 0.0138. The van der Waals surface area contributed by atoms with Crippen LogP contribution in [0.4, 0.5) is 4.39 Å². The largest absolute Gasteiger partial charge is 0.242 e. The van der Waals surface area contributed by atoms with Crippen molar-refractivity contribution < 1.29 is 12.8 Å². The molecule has 0 bridgehead atoms. The summed E-state index contributed by atoms with van der Waals surface area (Å²) in [6, 6.07) is 3.07. The zero-order valence-corrected chi connectivity index (χ0v) is 13.7. The van der Waals surface area contributed by atoms with E-state index in [1.54, 1.807) is 0 Å². The number of hydrogen-bond donors (Lipinski definition) is 1. The normalized spacial score (nSPS) is 13.9. The molecule has 0 amide bonds. The molecule has 1 aromatic rings. The van der Waals surface area contributed by atoms with Crippen molar-refractivity contribution in [2.75, 3.05) is 4.43 Å². The summed E-state index contributed by atoms with van der Waals surface area (Å²) in [5.41, 5.74) is 0. The van der Waals surface area contributed by atoms with Crippen molar-refractivity contribution in [1.29, 1.82) is 0 Å². The van der Waals surface area contributed by atoms with Crippen molar-refractivity contribution in [3.63, 3.8) is 0 Å². The van der Waals surface area contributed by atoms with Gasteiger partial charge in [-0.25, -0.2) is 17.5 Å². The average Bonchev–Trinajstić information content (AvgIpc) is 2.28. The molecule has 0 radical (unpaired) electrons. The Balaban J connectivity index is 3.10. The Hall–Kier alpha value is 0.0800. The second-order valence-corrected chi connectivity index (χ2v) is 7.17. The van der Waals surface area contributed by atoms with Crippen LogP contribution in [-0.4, -0.2) is 18.9 Å². The number of alkyl halides is 1. The van der Waals surface area contributed by atoms with Crippen molar-refractivity contribution in [3.05, 3.63) is 29.0 Å². The van der Waals surface area contributed by atoms with Crippen molar-refractivity contribution in [3.8, 4) is 0 Å². The lowest BCUT2D eigenvalue weighted by Crippen LogP contribution is -2.39. The molecule has 0 spiro atoms. The molecule has 1 atom stereocenters. The standard InChI is InChI=1S/C11H14ClFINO2S/c1-7(2)10(6-14)15-18(16,17)11-5-8(13)3-4-9(11)12/h3-5,7,10,15H,6H2,1-2H3. The molecule has 3 nitrogen and oxygen atoms in total. The molecule has 0 heterocycles. The van der Waals surface area contributed by atoms with Crippen LogP contribution >= 0.6 is 34.2 Å². The first-order valence-corrected chi connectivity index (χ1v) is 8.70. The first-order valence-electron chi connectivity index (χ1n) is 5.31. The minimum Gasteiger partial charge on any atom is -0.207 e. The summed E-state index contributed by atoms with van der Waals surface area (Å²) in [6.07, 6.45) is 0. The van der Waals surface area contributed by atoms with E-state index in [1.807, 2.05) is 13.8 Å². The van der Waals surface area contributed by atoms with Gasteiger partial charge in [0.2, 0.25) is 10.0 Å². The fraction of sp³-hybridized carbons (Fsp3) is 0.455. The van der Waals surface area contributed by atoms with E-state index in [2.05, 4.69) is 27.3 Å². The quantitative estimate of drug-likeness (QED) is 0.604. The van der Waals surface area contributed by atoms with Crippen molar-refractivity contribution in [1.82, 2.24) is 4.72 Å². The van der Waals surface area contributed by atoms with Crippen molar-refractivity contribution in [2.24, 2.45) is 5.92 Å². The SMILES string of the molecule is CC(C)C(CI)NS(=O)(=O)c1cc(F)ccc1Cl. The second-order valence-electron chi connectivity index (χ2n) is 4.20. The lowest BCUT2D eigenvalue weighted by atomic mass is 10.1. The van der Waals surface area contributed by atoms with E-state index < -0.39 is 15.8 Å². The van der Waals surface area contributed by atoms with Gasteiger partial charge in [0.25, 0.3) is 0 Å². The van der Waals surface area contributed by atoms with Gasteiger partial charge in [-0.3, -0.25) is 0 Å². The molecule has 18 heavy (non-hydrogen) atoms. The second kappa shape index (κ2) is 6.49. The van der Waals surface area contributed by atoms with Gasteiger partial charge in [0, 0.05) is 10.5 Å².